The van der Waals surface area contributed by atoms with Crippen LogP contribution in [0.25, 0.3) is 0 Å². The molecule has 0 bridgehead atoms. The Kier molecular flexibility index (Phi) is 5.23. The monoisotopic (exact) mass is 243 g/mol. The van der Waals surface area contributed by atoms with Gasteiger partial charge in [0.25, 0.3) is 0 Å². The molecule has 16 heavy (non-hydrogen) atoms. The Balaban J connectivity index is 2.43. The third kappa shape index (κ3) is 4.11. The van der Waals surface area contributed by atoms with Crippen LogP contribution in [0.4, 0.5) is 4.39 Å². The third-order valence-electron chi connectivity index (χ3n) is 2.93. The van der Waals surface area contributed by atoms with Gasteiger partial charge < -0.3 is 5.32 Å². The van der Waals surface area contributed by atoms with Crippen LogP contribution in [0.5, 0.6) is 0 Å². The summed E-state index contributed by atoms with van der Waals surface area (Å²) in [5.74, 6) is 1.000. The van der Waals surface area contributed by atoms with Crippen molar-refractivity contribution in [2.75, 3.05) is 6.54 Å². The quantitative estimate of drug-likeness (QED) is 0.828. The van der Waals surface area contributed by atoms with E-state index in [1.165, 1.54) is 12.1 Å². The number of rotatable bonds is 5. The largest absolute Gasteiger partial charge is 0.312 e. The summed E-state index contributed by atoms with van der Waals surface area (Å²) in [5.41, 5.74) is 0.944. The minimum absolute atomic E-state index is 0.288. The van der Waals surface area contributed by atoms with E-state index >= 15 is 0 Å². The molecule has 0 saturated carbocycles. The number of halogens is 2. The summed E-state index contributed by atoms with van der Waals surface area (Å²) in [6, 6.07) is 4.52. The molecule has 0 radical (unpaired) electrons. The first-order valence-electron chi connectivity index (χ1n) is 5.65. The molecule has 1 unspecified atom stereocenters. The molecule has 3 heteroatoms. The van der Waals surface area contributed by atoms with Crippen LogP contribution in [0.2, 0.25) is 5.02 Å². The molecule has 0 amide bonds. The second-order valence-corrected chi connectivity index (χ2v) is 5.00. The smallest absolute Gasteiger partial charge is 0.124 e. The Morgan fingerprint density at radius 3 is 2.56 bits per heavy atom. The molecule has 0 aliphatic heterocycles. The summed E-state index contributed by atoms with van der Waals surface area (Å²) in [6.07, 6.45) is 0. The number of hydrogen-bond donors (Lipinski definition) is 1. The van der Waals surface area contributed by atoms with Gasteiger partial charge in [-0.25, -0.2) is 4.39 Å². The van der Waals surface area contributed by atoms with Gasteiger partial charge in [0.15, 0.2) is 0 Å². The van der Waals surface area contributed by atoms with Crippen LogP contribution in [0.15, 0.2) is 18.2 Å². The SMILES string of the molecule is CC(C)C(C)CNCc1ccc(F)cc1Cl. The van der Waals surface area contributed by atoms with Crippen molar-refractivity contribution in [1.29, 1.82) is 0 Å². The zero-order valence-electron chi connectivity index (χ0n) is 10.1. The zero-order chi connectivity index (χ0) is 12.1. The van der Waals surface area contributed by atoms with E-state index < -0.39 is 0 Å². The van der Waals surface area contributed by atoms with Gasteiger partial charge in [0, 0.05) is 11.6 Å². The highest BCUT2D eigenvalue weighted by molar-refractivity contribution is 6.31. The molecule has 0 fully saturated rings. The Morgan fingerprint density at radius 2 is 2.00 bits per heavy atom. The van der Waals surface area contributed by atoms with Crippen LogP contribution in [0.3, 0.4) is 0 Å². The molecule has 1 rings (SSSR count). The fourth-order valence-electron chi connectivity index (χ4n) is 1.34. The lowest BCUT2D eigenvalue weighted by molar-refractivity contribution is 0.392. The van der Waals surface area contributed by atoms with E-state index in [0.29, 0.717) is 23.4 Å². The second-order valence-electron chi connectivity index (χ2n) is 4.59. The minimum atomic E-state index is -0.288. The van der Waals surface area contributed by atoms with Gasteiger partial charge in [0.05, 0.1) is 0 Å². The van der Waals surface area contributed by atoms with E-state index in [9.17, 15) is 4.39 Å². The average molecular weight is 244 g/mol. The molecule has 0 aliphatic carbocycles. The summed E-state index contributed by atoms with van der Waals surface area (Å²) in [6.45, 7) is 8.26. The van der Waals surface area contributed by atoms with E-state index in [-0.39, 0.29) is 5.82 Å². The molecular weight excluding hydrogens is 225 g/mol. The van der Waals surface area contributed by atoms with Crippen molar-refractivity contribution in [2.24, 2.45) is 11.8 Å². The maximum absolute atomic E-state index is 12.8. The highest BCUT2D eigenvalue weighted by Gasteiger charge is 2.07. The van der Waals surface area contributed by atoms with Gasteiger partial charge in [-0.15, -0.1) is 0 Å². The second kappa shape index (κ2) is 6.21. The molecule has 1 aromatic carbocycles. The highest BCUT2D eigenvalue weighted by atomic mass is 35.5. The molecule has 0 aromatic heterocycles. The third-order valence-corrected chi connectivity index (χ3v) is 3.29. The predicted molar refractivity (Wildman–Crippen MR) is 67.1 cm³/mol. The van der Waals surface area contributed by atoms with Crippen molar-refractivity contribution in [3.63, 3.8) is 0 Å². The van der Waals surface area contributed by atoms with Crippen molar-refractivity contribution < 1.29 is 4.39 Å². The van der Waals surface area contributed by atoms with Crippen LogP contribution in [-0.2, 0) is 6.54 Å². The number of nitrogens with one attached hydrogen (secondary N) is 1. The molecular formula is C13H19ClFN. The summed E-state index contributed by atoms with van der Waals surface area (Å²) in [7, 11) is 0. The van der Waals surface area contributed by atoms with Gasteiger partial charge in [0.2, 0.25) is 0 Å². The van der Waals surface area contributed by atoms with Crippen molar-refractivity contribution in [3.05, 3.63) is 34.6 Å². The molecule has 0 spiro atoms. The minimum Gasteiger partial charge on any atom is -0.312 e. The van der Waals surface area contributed by atoms with E-state index in [2.05, 4.69) is 26.1 Å². The molecule has 1 aromatic rings. The van der Waals surface area contributed by atoms with Gasteiger partial charge >= 0.3 is 0 Å². The first-order chi connectivity index (χ1) is 7.50. The van der Waals surface area contributed by atoms with Gasteiger partial charge in [-0.2, -0.15) is 0 Å². The van der Waals surface area contributed by atoms with Gasteiger partial charge in [-0.1, -0.05) is 38.4 Å². The van der Waals surface area contributed by atoms with Crippen LogP contribution in [-0.4, -0.2) is 6.54 Å². The van der Waals surface area contributed by atoms with E-state index in [4.69, 9.17) is 11.6 Å². The fourth-order valence-corrected chi connectivity index (χ4v) is 1.57. The first-order valence-corrected chi connectivity index (χ1v) is 6.03. The van der Waals surface area contributed by atoms with E-state index in [0.717, 1.165) is 12.1 Å². The molecule has 90 valence electrons. The van der Waals surface area contributed by atoms with Crippen LogP contribution in [0, 0.1) is 17.7 Å². The number of hydrogen-bond acceptors (Lipinski definition) is 1. The average Bonchev–Trinajstić information content (AvgIpc) is 2.20. The lowest BCUT2D eigenvalue weighted by atomic mass is 9.98. The van der Waals surface area contributed by atoms with E-state index in [1.807, 2.05) is 0 Å². The Labute approximate surface area is 102 Å². The summed E-state index contributed by atoms with van der Waals surface area (Å²) < 4.78 is 12.8. The van der Waals surface area contributed by atoms with Crippen LogP contribution < -0.4 is 5.32 Å². The Morgan fingerprint density at radius 1 is 1.31 bits per heavy atom. The van der Waals surface area contributed by atoms with Crippen LogP contribution in [0.1, 0.15) is 26.3 Å². The molecule has 1 nitrogen and oxygen atoms in total. The first kappa shape index (κ1) is 13.5. The topological polar surface area (TPSA) is 12.0 Å². The standard InChI is InChI=1S/C13H19ClFN/c1-9(2)10(3)7-16-8-11-4-5-12(15)6-13(11)14/h4-6,9-10,16H,7-8H2,1-3H3. The summed E-state index contributed by atoms with van der Waals surface area (Å²) in [5, 5.41) is 3.83. The lowest BCUT2D eigenvalue weighted by Crippen LogP contribution is -2.23. The predicted octanol–water partition coefficient (Wildman–Crippen LogP) is 3.86. The zero-order valence-corrected chi connectivity index (χ0v) is 10.8. The Hall–Kier alpha value is -0.600. The number of benzene rings is 1. The summed E-state index contributed by atoms with van der Waals surface area (Å²) >= 11 is 5.93. The fraction of sp³-hybridized carbons (Fsp3) is 0.538. The van der Waals surface area contributed by atoms with Gasteiger partial charge in [-0.3, -0.25) is 0 Å². The lowest BCUT2D eigenvalue weighted by Gasteiger charge is -2.16. The molecule has 1 atom stereocenters. The van der Waals surface area contributed by atoms with Crippen LogP contribution >= 0.6 is 11.6 Å². The maximum Gasteiger partial charge on any atom is 0.124 e. The van der Waals surface area contributed by atoms with Crippen molar-refractivity contribution in [3.8, 4) is 0 Å². The molecule has 0 aliphatic rings. The maximum atomic E-state index is 12.8. The molecule has 0 saturated heterocycles. The van der Waals surface area contributed by atoms with Crippen molar-refractivity contribution in [2.45, 2.75) is 27.3 Å². The van der Waals surface area contributed by atoms with Gasteiger partial charge in [-0.05, 0) is 36.1 Å². The Bertz CT molecular complexity index is 339. The molecule has 0 heterocycles. The van der Waals surface area contributed by atoms with Gasteiger partial charge in [0.1, 0.15) is 5.82 Å². The molecule has 1 N–H and O–H groups in total. The highest BCUT2D eigenvalue weighted by Crippen LogP contribution is 2.17. The normalized spacial score (nSPS) is 13.1. The van der Waals surface area contributed by atoms with Crippen molar-refractivity contribution in [1.82, 2.24) is 5.32 Å². The summed E-state index contributed by atoms with van der Waals surface area (Å²) in [4.78, 5) is 0. The van der Waals surface area contributed by atoms with Crippen molar-refractivity contribution >= 4 is 11.6 Å². The van der Waals surface area contributed by atoms with E-state index in [1.54, 1.807) is 6.07 Å².